The van der Waals surface area contributed by atoms with Gasteiger partial charge in [0.1, 0.15) is 13.2 Å². The molecule has 0 fully saturated rings. The molecule has 0 bridgehead atoms. The van der Waals surface area contributed by atoms with Crippen molar-refractivity contribution in [2.75, 3.05) is 25.6 Å². The minimum Gasteiger partial charge on any atom is -0.493 e. The van der Waals surface area contributed by atoms with Gasteiger partial charge in [0.15, 0.2) is 11.5 Å². The van der Waals surface area contributed by atoms with Crippen LogP contribution in [0.2, 0.25) is 0 Å². The van der Waals surface area contributed by atoms with Gasteiger partial charge in [-0.2, -0.15) is 5.26 Å². The number of anilines is 1. The number of fused-ring (bicyclic) bond motifs is 1. The molecule has 122 valence electrons. The quantitative estimate of drug-likeness (QED) is 0.935. The highest BCUT2D eigenvalue weighted by atomic mass is 16.6. The maximum atomic E-state index is 12.5. The van der Waals surface area contributed by atoms with Gasteiger partial charge in [-0.05, 0) is 29.8 Å². The van der Waals surface area contributed by atoms with Crippen LogP contribution in [-0.4, -0.2) is 26.2 Å². The van der Waals surface area contributed by atoms with Crippen molar-refractivity contribution in [3.8, 4) is 23.3 Å². The van der Waals surface area contributed by atoms with Crippen molar-refractivity contribution < 1.29 is 19.0 Å². The summed E-state index contributed by atoms with van der Waals surface area (Å²) >= 11 is 0. The van der Waals surface area contributed by atoms with E-state index in [9.17, 15) is 4.79 Å². The smallest absolute Gasteiger partial charge is 0.255 e. The van der Waals surface area contributed by atoms with Crippen LogP contribution in [0, 0.1) is 11.3 Å². The fourth-order valence-corrected chi connectivity index (χ4v) is 2.40. The highest BCUT2D eigenvalue weighted by Gasteiger charge is 2.20. The summed E-state index contributed by atoms with van der Waals surface area (Å²) in [5.41, 5.74) is 1.96. The Morgan fingerprint density at radius 3 is 2.71 bits per heavy atom. The molecule has 24 heavy (non-hydrogen) atoms. The summed E-state index contributed by atoms with van der Waals surface area (Å²) in [6, 6.07) is 12.5. The normalized spacial score (nSPS) is 12.2. The number of amides is 1. The Morgan fingerprint density at radius 2 is 2.00 bits per heavy atom. The highest BCUT2D eigenvalue weighted by Crippen LogP contribution is 2.40. The zero-order valence-electron chi connectivity index (χ0n) is 13.2. The number of carbonyl (C=O) groups excluding carboxylic acids is 1. The Kier molecular flexibility index (Phi) is 4.52. The van der Waals surface area contributed by atoms with Crippen LogP contribution in [0.15, 0.2) is 36.4 Å². The molecule has 0 radical (unpaired) electrons. The molecule has 0 saturated carbocycles. The van der Waals surface area contributed by atoms with Gasteiger partial charge in [0.05, 0.1) is 19.6 Å². The average molecular weight is 324 g/mol. The molecule has 0 unspecified atom stereocenters. The van der Waals surface area contributed by atoms with Gasteiger partial charge < -0.3 is 19.5 Å². The van der Waals surface area contributed by atoms with Crippen LogP contribution < -0.4 is 19.5 Å². The Bertz CT molecular complexity index is 777. The van der Waals surface area contributed by atoms with Gasteiger partial charge in [-0.15, -0.1) is 0 Å². The molecule has 0 atom stereocenters. The second-order valence-corrected chi connectivity index (χ2v) is 5.19. The van der Waals surface area contributed by atoms with Crippen molar-refractivity contribution in [1.82, 2.24) is 0 Å². The molecule has 3 rings (SSSR count). The van der Waals surface area contributed by atoms with E-state index >= 15 is 0 Å². The largest absolute Gasteiger partial charge is 0.493 e. The average Bonchev–Trinajstić information content (AvgIpc) is 2.62. The molecule has 0 aliphatic carbocycles. The standard InChI is InChI=1S/C18H16N2O4/c1-22-15-10-13(11-16-17(15)24-9-8-23-16)18(21)20-14-4-2-12(3-5-14)6-7-19/h2-5,10-11H,6,8-9H2,1H3,(H,20,21). The Hall–Kier alpha value is -3.20. The number of benzene rings is 2. The summed E-state index contributed by atoms with van der Waals surface area (Å²) < 4.78 is 16.3. The van der Waals surface area contributed by atoms with Crippen molar-refractivity contribution in [1.29, 1.82) is 5.26 Å². The lowest BCUT2D eigenvalue weighted by Gasteiger charge is -2.21. The second-order valence-electron chi connectivity index (χ2n) is 5.19. The molecule has 1 N–H and O–H groups in total. The molecular formula is C18H16N2O4. The van der Waals surface area contributed by atoms with Crippen LogP contribution in [0.25, 0.3) is 0 Å². The Labute approximate surface area is 139 Å². The van der Waals surface area contributed by atoms with Crippen LogP contribution in [0.3, 0.4) is 0 Å². The molecule has 2 aromatic carbocycles. The third-order valence-electron chi connectivity index (χ3n) is 3.59. The van der Waals surface area contributed by atoms with E-state index in [-0.39, 0.29) is 5.91 Å². The predicted molar refractivity (Wildman–Crippen MR) is 87.7 cm³/mol. The number of hydrogen-bond donors (Lipinski definition) is 1. The summed E-state index contributed by atoms with van der Waals surface area (Å²) in [6.07, 6.45) is 0.341. The Morgan fingerprint density at radius 1 is 1.25 bits per heavy atom. The van der Waals surface area contributed by atoms with E-state index in [0.29, 0.717) is 48.1 Å². The van der Waals surface area contributed by atoms with E-state index in [1.807, 2.05) is 12.1 Å². The summed E-state index contributed by atoms with van der Waals surface area (Å²) in [4.78, 5) is 12.5. The molecule has 1 heterocycles. The van der Waals surface area contributed by atoms with Crippen LogP contribution in [0.4, 0.5) is 5.69 Å². The van der Waals surface area contributed by atoms with Crippen LogP contribution in [0.1, 0.15) is 15.9 Å². The van der Waals surface area contributed by atoms with Crippen molar-refractivity contribution in [2.24, 2.45) is 0 Å². The number of nitrogens with one attached hydrogen (secondary N) is 1. The molecular weight excluding hydrogens is 308 g/mol. The molecule has 0 saturated heterocycles. The first-order valence-electron chi connectivity index (χ1n) is 7.46. The predicted octanol–water partition coefficient (Wildman–Crippen LogP) is 2.78. The number of nitriles is 1. The van der Waals surface area contributed by atoms with E-state index in [0.717, 1.165) is 5.56 Å². The molecule has 6 nitrogen and oxygen atoms in total. The lowest BCUT2D eigenvalue weighted by atomic mass is 10.1. The van der Waals surface area contributed by atoms with Crippen molar-refractivity contribution in [3.63, 3.8) is 0 Å². The molecule has 1 amide bonds. The van der Waals surface area contributed by atoms with Gasteiger partial charge in [-0.25, -0.2) is 0 Å². The fraction of sp³-hybridized carbons (Fsp3) is 0.222. The SMILES string of the molecule is COc1cc(C(=O)Nc2ccc(CC#N)cc2)cc2c1OCCO2. The van der Waals surface area contributed by atoms with Crippen LogP contribution in [-0.2, 0) is 6.42 Å². The zero-order chi connectivity index (χ0) is 16.9. The minimum atomic E-state index is -0.279. The summed E-state index contributed by atoms with van der Waals surface area (Å²) in [6.45, 7) is 0.880. The lowest BCUT2D eigenvalue weighted by Crippen LogP contribution is -2.18. The van der Waals surface area contributed by atoms with Gasteiger partial charge >= 0.3 is 0 Å². The van der Waals surface area contributed by atoms with Gasteiger partial charge in [0.25, 0.3) is 5.91 Å². The third-order valence-corrected chi connectivity index (χ3v) is 3.59. The number of nitrogens with zero attached hydrogens (tertiary/aromatic N) is 1. The Balaban J connectivity index is 1.81. The number of hydrogen-bond acceptors (Lipinski definition) is 5. The van der Waals surface area contributed by atoms with Crippen molar-refractivity contribution >= 4 is 11.6 Å². The van der Waals surface area contributed by atoms with Gasteiger partial charge in [0, 0.05) is 11.3 Å². The van der Waals surface area contributed by atoms with Crippen LogP contribution in [0.5, 0.6) is 17.2 Å². The van der Waals surface area contributed by atoms with E-state index in [1.54, 1.807) is 24.3 Å². The third kappa shape index (κ3) is 3.25. The summed E-state index contributed by atoms with van der Waals surface area (Å²) in [5, 5.41) is 11.5. The monoisotopic (exact) mass is 324 g/mol. The second kappa shape index (κ2) is 6.92. The number of carbonyl (C=O) groups is 1. The number of rotatable bonds is 4. The van der Waals surface area contributed by atoms with Gasteiger partial charge in [-0.3, -0.25) is 4.79 Å². The molecule has 2 aromatic rings. The van der Waals surface area contributed by atoms with Crippen molar-refractivity contribution in [2.45, 2.75) is 6.42 Å². The first-order chi connectivity index (χ1) is 11.7. The first-order valence-corrected chi connectivity index (χ1v) is 7.46. The maximum Gasteiger partial charge on any atom is 0.255 e. The number of methoxy groups -OCH3 is 1. The zero-order valence-corrected chi connectivity index (χ0v) is 13.2. The van der Waals surface area contributed by atoms with E-state index in [1.165, 1.54) is 7.11 Å². The van der Waals surface area contributed by atoms with E-state index < -0.39 is 0 Å². The summed E-state index contributed by atoms with van der Waals surface area (Å²) in [7, 11) is 1.52. The highest BCUT2D eigenvalue weighted by molar-refractivity contribution is 6.05. The van der Waals surface area contributed by atoms with Crippen molar-refractivity contribution in [3.05, 3.63) is 47.5 Å². The van der Waals surface area contributed by atoms with Gasteiger partial charge in [0.2, 0.25) is 5.75 Å². The van der Waals surface area contributed by atoms with Gasteiger partial charge in [-0.1, -0.05) is 12.1 Å². The van der Waals surface area contributed by atoms with E-state index in [4.69, 9.17) is 19.5 Å². The summed E-state index contributed by atoms with van der Waals surface area (Å²) in [5.74, 6) is 1.19. The first kappa shape index (κ1) is 15.7. The maximum absolute atomic E-state index is 12.5. The lowest BCUT2D eigenvalue weighted by molar-refractivity contribution is 0.102. The number of ether oxygens (including phenoxy) is 3. The van der Waals surface area contributed by atoms with Crippen LogP contribution >= 0.6 is 0 Å². The molecule has 1 aliphatic rings. The fourth-order valence-electron chi connectivity index (χ4n) is 2.40. The minimum absolute atomic E-state index is 0.279. The molecule has 0 aromatic heterocycles. The molecule has 1 aliphatic heterocycles. The molecule has 6 heteroatoms. The topological polar surface area (TPSA) is 80.6 Å². The molecule has 0 spiro atoms. The van der Waals surface area contributed by atoms with E-state index in [2.05, 4.69) is 11.4 Å².